The number of aldehydes is 1. The molecule has 0 fully saturated rings. The van der Waals surface area contributed by atoms with Crippen LogP contribution in [0.2, 0.25) is 0 Å². The molecule has 0 aliphatic carbocycles. The third kappa shape index (κ3) is 9320. The summed E-state index contributed by atoms with van der Waals surface area (Å²) in [7, 11) is -36.0. The third-order valence-corrected chi connectivity index (χ3v) is 0. The first kappa shape index (κ1) is 48.7. The van der Waals surface area contributed by atoms with E-state index in [1.165, 1.54) is 6.92 Å². The first-order valence-corrected chi connectivity index (χ1v) is 6.05. The number of hydrogen-bond acceptors (Lipinski definition) is 1. The summed E-state index contributed by atoms with van der Waals surface area (Å²) in [6, 6.07) is 0. The van der Waals surface area contributed by atoms with Crippen LogP contribution in [0.4, 0.5) is 104 Å². The van der Waals surface area contributed by atoms with Gasteiger partial charge in [0.25, 0.3) is 0 Å². The van der Waals surface area contributed by atoms with Crippen molar-refractivity contribution in [3.05, 3.63) is 0 Å². The van der Waals surface area contributed by atoms with Gasteiger partial charge in [0.05, 0.1) is 0 Å². The molecule has 0 bridgehead atoms. The van der Waals surface area contributed by atoms with E-state index < -0.39 is 43.5 Å². The molecule has 0 spiro atoms. The average molecular weight is 565 g/mol. The Kier molecular flexibility index (Phi) is 30.9. The zero-order chi connectivity index (χ0) is 29.7. The van der Waals surface area contributed by atoms with Gasteiger partial charge in [0, 0.05) is 0 Å². The Bertz CT molecular complexity index is 263. The normalized spacial score (nSPS) is 11.3. The van der Waals surface area contributed by atoms with E-state index in [1.54, 1.807) is 0 Å². The van der Waals surface area contributed by atoms with Gasteiger partial charge in [-0.3, -0.25) is 0 Å². The van der Waals surface area contributed by atoms with E-state index in [9.17, 15) is 104 Å². The standard InChI is InChI=1S/C2H4O.6BF4/c1-2-3;6*2-1(3,4)5/h2H,1H3;;;;;;/q;6*-1. The summed E-state index contributed by atoms with van der Waals surface area (Å²) < 4.78 is 234. The maximum absolute atomic E-state index is 9.75. The molecule has 0 aliphatic rings. The van der Waals surface area contributed by atoms with E-state index in [0.717, 1.165) is 6.29 Å². The summed E-state index contributed by atoms with van der Waals surface area (Å²) in [5.74, 6) is 0. The lowest BCUT2D eigenvalue weighted by molar-refractivity contribution is -0.106. The Hall–Kier alpha value is -1.62. The molecule has 0 N–H and O–H groups in total. The molecule has 31 heteroatoms. The molecule has 0 heterocycles. The second-order valence-electron chi connectivity index (χ2n) is 3.20. The predicted octanol–water partition coefficient (Wildman–Crippen LogP) is 8.01. The van der Waals surface area contributed by atoms with E-state index in [4.69, 9.17) is 4.79 Å². The number of carbonyl (C=O) groups is 1. The van der Waals surface area contributed by atoms with Crippen molar-refractivity contribution in [3.8, 4) is 0 Å². The van der Waals surface area contributed by atoms with Crippen molar-refractivity contribution in [2.45, 2.75) is 6.92 Å². The molecule has 0 rings (SSSR count). The fourth-order valence-corrected chi connectivity index (χ4v) is 0. The van der Waals surface area contributed by atoms with Gasteiger partial charge in [0.15, 0.2) is 0 Å². The molecular weight excluding hydrogens is 561 g/mol. The summed E-state index contributed by atoms with van der Waals surface area (Å²) in [4.78, 5) is 8.81. The Balaban J connectivity index is -0.0000000480. The maximum Gasteiger partial charge on any atom is 0.673 e. The Labute approximate surface area is 166 Å². The van der Waals surface area contributed by atoms with Crippen molar-refractivity contribution < 1.29 is 108 Å². The molecule has 0 saturated carbocycles. The lowest BCUT2D eigenvalue weighted by atomic mass is 10.3. The summed E-state index contributed by atoms with van der Waals surface area (Å²) in [5, 5.41) is 0. The quantitative estimate of drug-likeness (QED) is 0.165. The molecule has 0 saturated heterocycles. The Morgan fingerprint density at radius 1 is 0.303 bits per heavy atom. The summed E-state index contributed by atoms with van der Waals surface area (Å²) in [6.07, 6.45) is 0.750. The first-order chi connectivity index (χ1) is 13.4. The summed E-state index contributed by atoms with van der Waals surface area (Å²) in [5.41, 5.74) is 0. The van der Waals surface area contributed by atoms with Gasteiger partial charge in [-0.05, 0) is 6.92 Å². The highest BCUT2D eigenvalue weighted by molar-refractivity contribution is 6.51. The molecule has 0 aromatic carbocycles. The van der Waals surface area contributed by atoms with Gasteiger partial charge in [-0.1, -0.05) is 0 Å². The molecule has 0 unspecified atom stereocenters. The van der Waals surface area contributed by atoms with Crippen LogP contribution in [0.15, 0.2) is 0 Å². The van der Waals surface area contributed by atoms with Crippen molar-refractivity contribution in [2.75, 3.05) is 0 Å². The number of rotatable bonds is 0. The minimum atomic E-state index is -6.00. The van der Waals surface area contributed by atoms with E-state index in [-0.39, 0.29) is 0 Å². The highest BCUT2D eigenvalue weighted by atomic mass is 19.5. The van der Waals surface area contributed by atoms with Gasteiger partial charge in [-0.25, -0.2) is 0 Å². The predicted molar refractivity (Wildman–Crippen MR) is 72.9 cm³/mol. The van der Waals surface area contributed by atoms with Crippen molar-refractivity contribution >= 4 is 49.8 Å². The van der Waals surface area contributed by atoms with Crippen LogP contribution in [-0.4, -0.2) is 49.8 Å². The largest absolute Gasteiger partial charge is 0.673 e. The number of hydrogen-bond donors (Lipinski definition) is 0. The Morgan fingerprint density at radius 2 is 0.303 bits per heavy atom. The fraction of sp³-hybridized carbons (Fsp3) is 0.500. The minimum absolute atomic E-state index is 0.750. The molecule has 210 valence electrons. The highest BCUT2D eigenvalue weighted by Crippen LogP contribution is 2.09. The van der Waals surface area contributed by atoms with Crippen LogP contribution in [0.3, 0.4) is 0 Å². The van der Waals surface area contributed by atoms with Crippen LogP contribution in [-0.2, 0) is 4.79 Å². The van der Waals surface area contributed by atoms with Crippen LogP contribution < -0.4 is 0 Å². The molecule has 1 nitrogen and oxygen atoms in total. The second-order valence-corrected chi connectivity index (χ2v) is 3.20. The lowest BCUT2D eigenvalue weighted by Crippen LogP contribution is -2.02. The SMILES string of the molecule is CC=O.F[B-](F)(F)F.F[B-](F)(F)F.F[B-](F)(F)F.F[B-](F)(F)F.F[B-](F)(F)F.F[B-](F)(F)F. The van der Waals surface area contributed by atoms with Crippen LogP contribution in [0.25, 0.3) is 0 Å². The summed E-state index contributed by atoms with van der Waals surface area (Å²) in [6.45, 7) is 1.44. The first-order valence-electron chi connectivity index (χ1n) is 6.05. The third-order valence-electron chi connectivity index (χ3n) is 0. The second kappa shape index (κ2) is 20.9. The van der Waals surface area contributed by atoms with Crippen molar-refractivity contribution in [1.29, 1.82) is 0 Å². The molecule has 0 radical (unpaired) electrons. The molecule has 0 aromatic rings. The highest BCUT2D eigenvalue weighted by Gasteiger charge is 2.22. The number of carbonyl (C=O) groups excluding carboxylic acids is 1. The fourth-order valence-electron chi connectivity index (χ4n) is 0. The molecule has 33 heavy (non-hydrogen) atoms. The van der Waals surface area contributed by atoms with Crippen LogP contribution in [0.5, 0.6) is 0 Å². The van der Waals surface area contributed by atoms with E-state index in [0.29, 0.717) is 0 Å². The van der Waals surface area contributed by atoms with Crippen molar-refractivity contribution in [1.82, 2.24) is 0 Å². The smallest absolute Gasteiger partial charge is 0.418 e. The van der Waals surface area contributed by atoms with Gasteiger partial charge < -0.3 is 108 Å². The van der Waals surface area contributed by atoms with Crippen LogP contribution in [0.1, 0.15) is 6.92 Å². The molecule has 0 amide bonds. The molecule has 0 atom stereocenters. The lowest BCUT2D eigenvalue weighted by Gasteiger charge is -1.94. The molecule has 0 aliphatic heterocycles. The van der Waals surface area contributed by atoms with Crippen molar-refractivity contribution in [3.63, 3.8) is 0 Å². The van der Waals surface area contributed by atoms with Gasteiger partial charge in [0.1, 0.15) is 6.29 Å². The molecule has 0 aromatic heterocycles. The molecular formula is C2H4B6F24O-6. The zero-order valence-corrected chi connectivity index (χ0v) is 14.5. The van der Waals surface area contributed by atoms with E-state index in [2.05, 4.69) is 0 Å². The number of halogens is 24. The summed E-state index contributed by atoms with van der Waals surface area (Å²) >= 11 is 0. The van der Waals surface area contributed by atoms with E-state index >= 15 is 0 Å². The Morgan fingerprint density at radius 3 is 0.303 bits per heavy atom. The van der Waals surface area contributed by atoms with Gasteiger partial charge in [-0.2, -0.15) is 0 Å². The maximum atomic E-state index is 9.75. The van der Waals surface area contributed by atoms with Crippen LogP contribution >= 0.6 is 0 Å². The topological polar surface area (TPSA) is 17.1 Å². The van der Waals surface area contributed by atoms with Gasteiger partial charge in [-0.15, -0.1) is 0 Å². The van der Waals surface area contributed by atoms with Crippen molar-refractivity contribution in [2.24, 2.45) is 0 Å². The van der Waals surface area contributed by atoms with Crippen LogP contribution in [0, 0.1) is 0 Å². The minimum Gasteiger partial charge on any atom is -0.418 e. The zero-order valence-electron chi connectivity index (χ0n) is 14.5. The van der Waals surface area contributed by atoms with Gasteiger partial charge >= 0.3 is 43.5 Å². The van der Waals surface area contributed by atoms with E-state index in [1.807, 2.05) is 0 Å². The van der Waals surface area contributed by atoms with Gasteiger partial charge in [0.2, 0.25) is 0 Å². The monoisotopic (exact) mass is 566 g/mol. The average Bonchev–Trinajstić information content (AvgIpc) is 2.11.